The molecule has 0 amide bonds. The summed E-state index contributed by atoms with van der Waals surface area (Å²) in [7, 11) is 0. The first-order chi connectivity index (χ1) is 6.81. The van der Waals surface area contributed by atoms with Crippen molar-refractivity contribution in [2.75, 3.05) is 6.54 Å². The Morgan fingerprint density at radius 3 is 2.36 bits per heavy atom. The van der Waals surface area contributed by atoms with Crippen LogP contribution in [0, 0.1) is 0 Å². The smallest absolute Gasteiger partial charge is 0.122 e. The van der Waals surface area contributed by atoms with Crippen LogP contribution in [0.5, 0.6) is 0 Å². The quantitative estimate of drug-likeness (QED) is 0.716. The number of allylic oxidation sites excluding steroid dienone is 1. The maximum atomic E-state index is 9.74. The van der Waals surface area contributed by atoms with E-state index in [1.807, 2.05) is 24.3 Å². The van der Waals surface area contributed by atoms with Gasteiger partial charge >= 0.3 is 0 Å². The maximum Gasteiger partial charge on any atom is 0.122 e. The van der Waals surface area contributed by atoms with Gasteiger partial charge in [-0.1, -0.05) is 24.3 Å². The molecule has 1 aromatic rings. The van der Waals surface area contributed by atoms with Crippen molar-refractivity contribution in [1.82, 2.24) is 0 Å². The second-order valence-electron chi connectivity index (χ2n) is 3.69. The van der Waals surface area contributed by atoms with Gasteiger partial charge in [0, 0.05) is 5.56 Å². The molecule has 0 unspecified atom stereocenters. The van der Waals surface area contributed by atoms with Gasteiger partial charge in [0.25, 0.3) is 0 Å². The lowest BCUT2D eigenvalue weighted by molar-refractivity contribution is 0.509. The normalized spacial score (nSPS) is 14.2. The van der Waals surface area contributed by atoms with E-state index in [4.69, 9.17) is 5.73 Å². The van der Waals surface area contributed by atoms with Crippen LogP contribution in [0.25, 0.3) is 5.76 Å². The van der Waals surface area contributed by atoms with E-state index >= 15 is 0 Å². The lowest BCUT2D eigenvalue weighted by Crippen LogP contribution is -2.02. The van der Waals surface area contributed by atoms with Crippen molar-refractivity contribution in [3.63, 3.8) is 0 Å². The zero-order valence-electron chi connectivity index (χ0n) is 8.16. The minimum atomic E-state index is 0.476. The van der Waals surface area contributed by atoms with Crippen LogP contribution < -0.4 is 5.73 Å². The molecule has 0 heterocycles. The van der Waals surface area contributed by atoms with Crippen LogP contribution >= 0.6 is 0 Å². The SMILES string of the molecule is NCCc1ccc(C(O)=C2CC2)cc1. The van der Waals surface area contributed by atoms with Crippen molar-refractivity contribution in [3.05, 3.63) is 41.0 Å². The van der Waals surface area contributed by atoms with Crippen LogP contribution in [0.1, 0.15) is 24.0 Å². The Hall–Kier alpha value is -1.28. The largest absolute Gasteiger partial charge is 0.507 e. The Morgan fingerprint density at radius 2 is 1.86 bits per heavy atom. The molecule has 0 aromatic heterocycles. The minimum Gasteiger partial charge on any atom is -0.507 e. The summed E-state index contributed by atoms with van der Waals surface area (Å²) in [5, 5.41) is 9.74. The number of rotatable bonds is 3. The van der Waals surface area contributed by atoms with Gasteiger partial charge in [-0.3, -0.25) is 0 Å². The molecule has 14 heavy (non-hydrogen) atoms. The molecule has 0 bridgehead atoms. The first kappa shape index (κ1) is 9.28. The van der Waals surface area contributed by atoms with Gasteiger partial charge in [0.2, 0.25) is 0 Å². The highest BCUT2D eigenvalue weighted by Gasteiger charge is 2.18. The summed E-state index contributed by atoms with van der Waals surface area (Å²) in [6.07, 6.45) is 3.00. The summed E-state index contributed by atoms with van der Waals surface area (Å²) in [6.45, 7) is 0.673. The van der Waals surface area contributed by atoms with Crippen molar-refractivity contribution in [2.24, 2.45) is 5.73 Å². The van der Waals surface area contributed by atoms with E-state index in [1.54, 1.807) is 0 Å². The van der Waals surface area contributed by atoms with Crippen molar-refractivity contribution in [2.45, 2.75) is 19.3 Å². The molecule has 1 aliphatic carbocycles. The maximum absolute atomic E-state index is 9.74. The van der Waals surface area contributed by atoms with Crippen LogP contribution in [0.4, 0.5) is 0 Å². The predicted molar refractivity (Wildman–Crippen MR) is 58.0 cm³/mol. The first-order valence-corrected chi connectivity index (χ1v) is 5.01. The second kappa shape index (κ2) is 3.84. The third-order valence-corrected chi connectivity index (χ3v) is 2.50. The van der Waals surface area contributed by atoms with Gasteiger partial charge < -0.3 is 10.8 Å². The average molecular weight is 189 g/mol. The van der Waals surface area contributed by atoms with E-state index in [-0.39, 0.29) is 0 Å². The van der Waals surface area contributed by atoms with Gasteiger partial charge in [-0.2, -0.15) is 0 Å². The van der Waals surface area contributed by atoms with Crippen molar-refractivity contribution in [3.8, 4) is 0 Å². The van der Waals surface area contributed by atoms with Gasteiger partial charge in [-0.05, 0) is 36.9 Å². The average Bonchev–Trinajstić information content (AvgIpc) is 3.02. The molecule has 1 saturated carbocycles. The van der Waals surface area contributed by atoms with E-state index in [2.05, 4.69) is 0 Å². The van der Waals surface area contributed by atoms with Gasteiger partial charge in [0.05, 0.1) is 0 Å². The highest BCUT2D eigenvalue weighted by atomic mass is 16.3. The summed E-state index contributed by atoms with van der Waals surface area (Å²) >= 11 is 0. The predicted octanol–water partition coefficient (Wildman–Crippen LogP) is 2.25. The molecule has 0 spiro atoms. The zero-order valence-corrected chi connectivity index (χ0v) is 8.16. The summed E-state index contributed by atoms with van der Waals surface area (Å²) in [4.78, 5) is 0. The lowest BCUT2D eigenvalue weighted by Gasteiger charge is -2.02. The fourth-order valence-corrected chi connectivity index (χ4v) is 1.50. The van der Waals surface area contributed by atoms with Crippen molar-refractivity contribution >= 4 is 5.76 Å². The lowest BCUT2D eigenvalue weighted by atomic mass is 10.1. The fourth-order valence-electron chi connectivity index (χ4n) is 1.50. The van der Waals surface area contributed by atoms with Crippen molar-refractivity contribution < 1.29 is 5.11 Å². The Bertz CT molecular complexity index is 345. The Balaban J connectivity index is 2.17. The Morgan fingerprint density at radius 1 is 1.21 bits per heavy atom. The molecule has 74 valence electrons. The third kappa shape index (κ3) is 1.96. The summed E-state index contributed by atoms with van der Waals surface area (Å²) in [5.74, 6) is 0.476. The van der Waals surface area contributed by atoms with Crippen LogP contribution in [-0.2, 0) is 6.42 Å². The van der Waals surface area contributed by atoms with Gasteiger partial charge in [-0.15, -0.1) is 0 Å². The fraction of sp³-hybridized carbons (Fsp3) is 0.333. The molecule has 0 atom stereocenters. The molecule has 2 nitrogen and oxygen atoms in total. The number of aliphatic hydroxyl groups is 1. The van der Waals surface area contributed by atoms with E-state index < -0.39 is 0 Å². The first-order valence-electron chi connectivity index (χ1n) is 5.01. The molecular formula is C12H15NO. The Kier molecular flexibility index (Phi) is 2.55. The molecule has 0 aliphatic heterocycles. The van der Waals surface area contributed by atoms with Crippen LogP contribution in [0.3, 0.4) is 0 Å². The topological polar surface area (TPSA) is 46.2 Å². The summed E-state index contributed by atoms with van der Waals surface area (Å²) in [5.41, 5.74) is 8.79. The Labute approximate surface area is 84.1 Å². The number of aliphatic hydroxyl groups excluding tert-OH is 1. The standard InChI is InChI=1S/C12H15NO/c13-8-7-9-1-3-10(4-2-9)12(14)11-5-6-11/h1-4,14H,5-8,13H2. The molecule has 2 rings (SSSR count). The highest BCUT2D eigenvalue weighted by molar-refractivity contribution is 5.64. The third-order valence-electron chi connectivity index (χ3n) is 2.50. The highest BCUT2D eigenvalue weighted by Crippen LogP contribution is 2.34. The molecule has 1 aromatic carbocycles. The van der Waals surface area contributed by atoms with Crippen LogP contribution in [-0.4, -0.2) is 11.7 Å². The van der Waals surface area contributed by atoms with Crippen LogP contribution in [0.15, 0.2) is 29.8 Å². The van der Waals surface area contributed by atoms with E-state index in [0.29, 0.717) is 12.3 Å². The number of benzene rings is 1. The van der Waals surface area contributed by atoms with E-state index in [9.17, 15) is 5.11 Å². The molecule has 1 aliphatic rings. The molecule has 0 saturated heterocycles. The zero-order chi connectivity index (χ0) is 9.97. The molecule has 2 heteroatoms. The number of hydrogen-bond donors (Lipinski definition) is 2. The van der Waals surface area contributed by atoms with E-state index in [1.165, 1.54) is 11.1 Å². The molecular weight excluding hydrogens is 174 g/mol. The number of hydrogen-bond acceptors (Lipinski definition) is 2. The summed E-state index contributed by atoms with van der Waals surface area (Å²) in [6, 6.07) is 7.99. The summed E-state index contributed by atoms with van der Waals surface area (Å²) < 4.78 is 0. The molecule has 1 fully saturated rings. The minimum absolute atomic E-state index is 0.476. The van der Waals surface area contributed by atoms with E-state index in [0.717, 1.165) is 24.8 Å². The number of nitrogens with two attached hydrogens (primary N) is 1. The molecule has 0 radical (unpaired) electrons. The van der Waals surface area contributed by atoms with Crippen LogP contribution in [0.2, 0.25) is 0 Å². The second-order valence-corrected chi connectivity index (χ2v) is 3.69. The monoisotopic (exact) mass is 189 g/mol. The van der Waals surface area contributed by atoms with Gasteiger partial charge in [0.15, 0.2) is 0 Å². The molecule has 3 N–H and O–H groups in total. The van der Waals surface area contributed by atoms with Gasteiger partial charge in [-0.25, -0.2) is 0 Å². The van der Waals surface area contributed by atoms with Gasteiger partial charge in [0.1, 0.15) is 5.76 Å². The van der Waals surface area contributed by atoms with Crippen molar-refractivity contribution in [1.29, 1.82) is 0 Å².